The molecule has 3 amide bonds. The van der Waals surface area contributed by atoms with Gasteiger partial charge >= 0.3 is 6.03 Å². The lowest BCUT2D eigenvalue weighted by Crippen LogP contribution is -2.31. The van der Waals surface area contributed by atoms with Gasteiger partial charge in [-0.15, -0.1) is 0 Å². The summed E-state index contributed by atoms with van der Waals surface area (Å²) in [5.41, 5.74) is 0.408. The van der Waals surface area contributed by atoms with Crippen molar-refractivity contribution in [3.05, 3.63) is 29.0 Å². The molecule has 0 unspecified atom stereocenters. The third kappa shape index (κ3) is 6.05. The predicted molar refractivity (Wildman–Crippen MR) is 71.7 cm³/mol. The second-order valence-corrected chi connectivity index (χ2v) is 4.25. The first-order valence-electron chi connectivity index (χ1n) is 5.73. The first-order chi connectivity index (χ1) is 8.99. The van der Waals surface area contributed by atoms with E-state index in [0.717, 1.165) is 0 Å². The summed E-state index contributed by atoms with van der Waals surface area (Å²) in [4.78, 5) is 22.0. The van der Waals surface area contributed by atoms with E-state index in [4.69, 9.17) is 11.6 Å². The van der Waals surface area contributed by atoms with Crippen LogP contribution in [-0.4, -0.2) is 25.0 Å². The summed E-state index contributed by atoms with van der Waals surface area (Å²) in [6.07, 6.45) is 0.622. The zero-order valence-corrected chi connectivity index (χ0v) is 11.2. The Balaban J connectivity index is 2.27. The summed E-state index contributed by atoms with van der Waals surface area (Å²) in [5, 5.41) is 7.68. The van der Waals surface area contributed by atoms with Crippen molar-refractivity contribution in [3.8, 4) is 0 Å². The minimum atomic E-state index is -0.539. The SMILES string of the molecule is CC(=O)NCCCNC(=O)Nc1ccc(F)c(Cl)c1. The molecule has 0 aromatic heterocycles. The number of carbonyl (C=O) groups is 2. The molecule has 0 atom stereocenters. The van der Waals surface area contributed by atoms with Gasteiger partial charge in [0.15, 0.2) is 0 Å². The molecule has 0 heterocycles. The molecule has 0 aliphatic rings. The maximum atomic E-state index is 12.9. The van der Waals surface area contributed by atoms with E-state index in [9.17, 15) is 14.0 Å². The van der Waals surface area contributed by atoms with Crippen molar-refractivity contribution in [2.75, 3.05) is 18.4 Å². The maximum absolute atomic E-state index is 12.9. The number of carbonyl (C=O) groups excluding carboxylic acids is 2. The highest BCUT2D eigenvalue weighted by Gasteiger charge is 2.04. The number of hydrogen-bond acceptors (Lipinski definition) is 2. The zero-order chi connectivity index (χ0) is 14.3. The van der Waals surface area contributed by atoms with Crippen LogP contribution in [0.25, 0.3) is 0 Å². The van der Waals surface area contributed by atoms with Crippen molar-refractivity contribution >= 4 is 29.2 Å². The molecule has 0 fully saturated rings. The van der Waals surface area contributed by atoms with Crippen LogP contribution in [0.2, 0.25) is 5.02 Å². The molecule has 0 aliphatic heterocycles. The van der Waals surface area contributed by atoms with Crippen LogP contribution in [0, 0.1) is 5.82 Å². The fraction of sp³-hybridized carbons (Fsp3) is 0.333. The second kappa shape index (κ2) is 7.58. The number of rotatable bonds is 5. The standard InChI is InChI=1S/C12H15ClFN3O2/c1-8(18)15-5-2-6-16-12(19)17-9-3-4-11(14)10(13)7-9/h3-4,7H,2,5-6H2,1H3,(H,15,18)(H2,16,17,19). The largest absolute Gasteiger partial charge is 0.356 e. The van der Waals surface area contributed by atoms with E-state index in [2.05, 4.69) is 16.0 Å². The molecule has 5 nitrogen and oxygen atoms in total. The van der Waals surface area contributed by atoms with Crippen LogP contribution in [0.1, 0.15) is 13.3 Å². The maximum Gasteiger partial charge on any atom is 0.319 e. The van der Waals surface area contributed by atoms with Gasteiger partial charge in [-0.2, -0.15) is 0 Å². The van der Waals surface area contributed by atoms with Gasteiger partial charge in [0.25, 0.3) is 0 Å². The summed E-state index contributed by atoms with van der Waals surface area (Å²) in [6.45, 7) is 2.34. The number of benzene rings is 1. The monoisotopic (exact) mass is 287 g/mol. The number of halogens is 2. The molecular formula is C12H15ClFN3O2. The number of nitrogens with one attached hydrogen (secondary N) is 3. The van der Waals surface area contributed by atoms with Gasteiger partial charge in [-0.05, 0) is 24.6 Å². The van der Waals surface area contributed by atoms with Crippen LogP contribution in [0.3, 0.4) is 0 Å². The van der Waals surface area contributed by atoms with Crippen molar-refractivity contribution in [2.24, 2.45) is 0 Å². The molecule has 1 aromatic rings. The molecule has 0 bridgehead atoms. The van der Waals surface area contributed by atoms with Gasteiger partial charge in [0.2, 0.25) is 5.91 Å². The molecule has 1 aromatic carbocycles. The third-order valence-electron chi connectivity index (χ3n) is 2.19. The van der Waals surface area contributed by atoms with Gasteiger partial charge in [-0.1, -0.05) is 11.6 Å². The molecule has 1 rings (SSSR count). The summed E-state index contributed by atoms with van der Waals surface area (Å²) in [7, 11) is 0. The molecular weight excluding hydrogens is 273 g/mol. The second-order valence-electron chi connectivity index (χ2n) is 3.85. The average Bonchev–Trinajstić information content (AvgIpc) is 2.33. The van der Waals surface area contributed by atoms with Crippen molar-refractivity contribution in [3.63, 3.8) is 0 Å². The molecule has 0 aliphatic carbocycles. The van der Waals surface area contributed by atoms with Crippen molar-refractivity contribution in [1.29, 1.82) is 0 Å². The minimum Gasteiger partial charge on any atom is -0.356 e. The van der Waals surface area contributed by atoms with Crippen LogP contribution >= 0.6 is 11.6 Å². The van der Waals surface area contributed by atoms with Gasteiger partial charge in [0.1, 0.15) is 5.82 Å². The first kappa shape index (κ1) is 15.2. The van der Waals surface area contributed by atoms with Gasteiger partial charge in [0, 0.05) is 25.7 Å². The average molecular weight is 288 g/mol. The van der Waals surface area contributed by atoms with Gasteiger partial charge < -0.3 is 16.0 Å². The Kier molecular flexibility index (Phi) is 6.08. The van der Waals surface area contributed by atoms with E-state index in [1.165, 1.54) is 25.1 Å². The molecule has 0 spiro atoms. The highest BCUT2D eigenvalue weighted by atomic mass is 35.5. The summed E-state index contributed by atoms with van der Waals surface area (Å²) >= 11 is 5.59. The van der Waals surface area contributed by atoms with Crippen molar-refractivity contribution < 1.29 is 14.0 Å². The summed E-state index contributed by atoms with van der Waals surface area (Å²) < 4.78 is 12.9. The van der Waals surface area contributed by atoms with E-state index >= 15 is 0 Å². The molecule has 0 saturated heterocycles. The lowest BCUT2D eigenvalue weighted by molar-refractivity contribution is -0.118. The Morgan fingerprint density at radius 3 is 2.58 bits per heavy atom. The Hall–Kier alpha value is -1.82. The number of hydrogen-bond donors (Lipinski definition) is 3. The summed E-state index contributed by atoms with van der Waals surface area (Å²) in [6, 6.07) is 3.51. The van der Waals surface area contributed by atoms with Gasteiger partial charge in [0.05, 0.1) is 5.02 Å². The quantitative estimate of drug-likeness (QED) is 0.726. The van der Waals surface area contributed by atoms with E-state index in [1.54, 1.807) is 0 Å². The number of anilines is 1. The molecule has 0 saturated carbocycles. The number of urea groups is 1. The van der Waals surface area contributed by atoms with E-state index < -0.39 is 11.8 Å². The Morgan fingerprint density at radius 1 is 1.26 bits per heavy atom. The van der Waals surface area contributed by atoms with Crippen LogP contribution in [0.5, 0.6) is 0 Å². The molecule has 7 heteroatoms. The highest BCUT2D eigenvalue weighted by molar-refractivity contribution is 6.31. The van der Waals surface area contributed by atoms with Crippen LogP contribution in [-0.2, 0) is 4.79 Å². The molecule has 0 radical (unpaired) electrons. The Morgan fingerprint density at radius 2 is 1.95 bits per heavy atom. The fourth-order valence-corrected chi connectivity index (χ4v) is 1.48. The topological polar surface area (TPSA) is 70.2 Å². The molecule has 3 N–H and O–H groups in total. The number of amides is 3. The highest BCUT2D eigenvalue weighted by Crippen LogP contribution is 2.19. The summed E-state index contributed by atoms with van der Waals surface area (Å²) in [5.74, 6) is -0.645. The van der Waals surface area contributed by atoms with E-state index in [1.807, 2.05) is 0 Å². The Bertz CT molecular complexity index is 468. The lowest BCUT2D eigenvalue weighted by Gasteiger charge is -2.08. The van der Waals surface area contributed by atoms with Gasteiger partial charge in [-0.3, -0.25) is 4.79 Å². The van der Waals surface area contributed by atoms with Crippen molar-refractivity contribution in [2.45, 2.75) is 13.3 Å². The van der Waals surface area contributed by atoms with Crippen LogP contribution < -0.4 is 16.0 Å². The van der Waals surface area contributed by atoms with Crippen LogP contribution in [0.15, 0.2) is 18.2 Å². The molecule has 104 valence electrons. The smallest absolute Gasteiger partial charge is 0.319 e. The van der Waals surface area contributed by atoms with E-state index in [0.29, 0.717) is 25.2 Å². The van der Waals surface area contributed by atoms with Crippen molar-refractivity contribution in [1.82, 2.24) is 10.6 Å². The minimum absolute atomic E-state index is 0.0524. The Labute approximate surface area is 115 Å². The van der Waals surface area contributed by atoms with Crippen LogP contribution in [0.4, 0.5) is 14.9 Å². The van der Waals surface area contributed by atoms with E-state index in [-0.39, 0.29) is 10.9 Å². The predicted octanol–water partition coefficient (Wildman–Crippen LogP) is 2.13. The van der Waals surface area contributed by atoms with Gasteiger partial charge in [-0.25, -0.2) is 9.18 Å². The normalized spacial score (nSPS) is 9.84. The fourth-order valence-electron chi connectivity index (χ4n) is 1.30. The lowest BCUT2D eigenvalue weighted by atomic mass is 10.3. The zero-order valence-electron chi connectivity index (χ0n) is 10.4. The third-order valence-corrected chi connectivity index (χ3v) is 2.48. The first-order valence-corrected chi connectivity index (χ1v) is 6.11. The molecule has 19 heavy (non-hydrogen) atoms.